The zero-order valence-electron chi connectivity index (χ0n) is 9.83. The van der Waals surface area contributed by atoms with Crippen molar-refractivity contribution in [2.45, 2.75) is 6.92 Å². The monoisotopic (exact) mass is 291 g/mol. The Bertz CT molecular complexity index is 708. The minimum atomic E-state index is -0.759. The molecule has 0 unspecified atom stereocenters. The van der Waals surface area contributed by atoms with Gasteiger partial charge in [0.05, 0.1) is 21.3 Å². The van der Waals surface area contributed by atoms with Gasteiger partial charge in [-0.3, -0.25) is 0 Å². The Labute approximate surface area is 118 Å². The molecule has 0 bridgehead atoms. The smallest absolute Gasteiger partial charge is 0.143 e. The number of thiophene rings is 1. The van der Waals surface area contributed by atoms with Crippen molar-refractivity contribution >= 4 is 34.4 Å². The van der Waals surface area contributed by atoms with Gasteiger partial charge in [0.2, 0.25) is 0 Å². The number of thiocarbonyl (C=S) groups is 1. The normalized spacial score (nSPS) is 9.42. The van der Waals surface area contributed by atoms with Crippen LogP contribution in [0.2, 0.25) is 0 Å². The molecule has 0 aliphatic heterocycles. The number of isothiocyanates is 1. The van der Waals surface area contributed by atoms with E-state index in [1.807, 2.05) is 19.1 Å². The minimum Gasteiger partial charge on any atom is -0.205 e. The van der Waals surface area contributed by atoms with Gasteiger partial charge in [-0.15, -0.1) is 11.3 Å². The van der Waals surface area contributed by atoms with Crippen LogP contribution in [0.15, 0.2) is 29.3 Å². The number of aliphatic imine (C=N–C) groups is 1. The maximum Gasteiger partial charge on any atom is 0.143 e. The second kappa shape index (κ2) is 5.85. The molecule has 1 aromatic carbocycles. The minimum absolute atomic E-state index is 0.0857. The summed E-state index contributed by atoms with van der Waals surface area (Å²) < 4.78 is 27.4. The van der Waals surface area contributed by atoms with Crippen LogP contribution in [-0.4, -0.2) is 5.16 Å². The predicted octanol–water partition coefficient (Wildman–Crippen LogP) is 4.47. The van der Waals surface area contributed by atoms with Gasteiger partial charge in [-0.25, -0.2) is 8.78 Å². The lowest BCUT2D eigenvalue weighted by atomic mass is 10.2. The maximum atomic E-state index is 13.7. The lowest BCUT2D eigenvalue weighted by Gasteiger charge is -1.98. The molecule has 0 atom stereocenters. The van der Waals surface area contributed by atoms with Gasteiger partial charge in [-0.2, -0.15) is 4.99 Å². The van der Waals surface area contributed by atoms with Crippen LogP contribution in [0.4, 0.5) is 14.5 Å². The molecule has 0 saturated carbocycles. The molecular formula is C14H7F2NS2. The van der Waals surface area contributed by atoms with Crippen molar-refractivity contribution in [3.63, 3.8) is 0 Å². The average Bonchev–Trinajstić information content (AvgIpc) is 2.74. The number of nitrogens with zero attached hydrogens (tertiary/aromatic N) is 1. The van der Waals surface area contributed by atoms with Crippen LogP contribution in [0.25, 0.3) is 0 Å². The molecule has 0 aliphatic carbocycles. The summed E-state index contributed by atoms with van der Waals surface area (Å²) in [7, 11) is 0. The molecule has 0 N–H and O–H groups in total. The first kappa shape index (κ1) is 13.6. The molecule has 19 heavy (non-hydrogen) atoms. The Morgan fingerprint density at radius 3 is 2.37 bits per heavy atom. The van der Waals surface area contributed by atoms with Gasteiger partial charge < -0.3 is 0 Å². The Hall–Kier alpha value is -1.86. The fourth-order valence-corrected chi connectivity index (χ4v) is 2.25. The third-order valence-corrected chi connectivity index (χ3v) is 3.26. The number of hydrogen-bond donors (Lipinski definition) is 0. The first-order valence-corrected chi connectivity index (χ1v) is 6.48. The van der Waals surface area contributed by atoms with Gasteiger partial charge in [0, 0.05) is 17.0 Å². The van der Waals surface area contributed by atoms with Gasteiger partial charge in [0.1, 0.15) is 11.6 Å². The topological polar surface area (TPSA) is 12.4 Å². The molecule has 2 aromatic rings. The van der Waals surface area contributed by atoms with E-state index in [-0.39, 0.29) is 11.3 Å². The van der Waals surface area contributed by atoms with Crippen LogP contribution in [0.5, 0.6) is 0 Å². The lowest BCUT2D eigenvalue weighted by Crippen LogP contribution is -1.89. The highest BCUT2D eigenvalue weighted by molar-refractivity contribution is 7.78. The number of benzene rings is 1. The molecule has 0 aliphatic rings. The first-order valence-electron chi connectivity index (χ1n) is 5.25. The number of halogens is 2. The fourth-order valence-electron chi connectivity index (χ4n) is 1.42. The third-order valence-electron chi connectivity index (χ3n) is 2.25. The van der Waals surface area contributed by atoms with Crippen molar-refractivity contribution in [3.8, 4) is 11.8 Å². The molecule has 0 saturated heterocycles. The summed E-state index contributed by atoms with van der Waals surface area (Å²) in [6.45, 7) is 1.94. The van der Waals surface area contributed by atoms with Gasteiger partial charge in [0.25, 0.3) is 0 Å². The predicted molar refractivity (Wildman–Crippen MR) is 76.1 cm³/mol. The van der Waals surface area contributed by atoms with Gasteiger partial charge in [0.15, 0.2) is 0 Å². The summed E-state index contributed by atoms with van der Waals surface area (Å²) in [4.78, 5) is 5.38. The molecular weight excluding hydrogens is 284 g/mol. The van der Waals surface area contributed by atoms with E-state index in [1.54, 1.807) is 0 Å². The van der Waals surface area contributed by atoms with E-state index in [9.17, 15) is 8.78 Å². The van der Waals surface area contributed by atoms with Crippen molar-refractivity contribution in [2.24, 2.45) is 4.99 Å². The third kappa shape index (κ3) is 3.33. The largest absolute Gasteiger partial charge is 0.205 e. The standard InChI is InChI=1S/C14H7F2NS2/c1-9-2-3-11(19-9)4-5-12-13(15)6-10(17-8-18)7-14(12)16/h2-3,6-7H,1H3. The quantitative estimate of drug-likeness (QED) is 0.429. The Morgan fingerprint density at radius 1 is 1.16 bits per heavy atom. The van der Waals surface area contributed by atoms with E-state index < -0.39 is 11.6 Å². The maximum absolute atomic E-state index is 13.7. The molecule has 2 rings (SSSR count). The van der Waals surface area contributed by atoms with Crippen LogP contribution in [0.3, 0.4) is 0 Å². The fraction of sp³-hybridized carbons (Fsp3) is 0.0714. The SMILES string of the molecule is Cc1ccc(C#Cc2c(F)cc(N=C=S)cc2F)s1. The highest BCUT2D eigenvalue weighted by atomic mass is 32.1. The van der Waals surface area contributed by atoms with E-state index in [2.05, 4.69) is 34.2 Å². The zero-order chi connectivity index (χ0) is 13.8. The van der Waals surface area contributed by atoms with Crippen LogP contribution in [-0.2, 0) is 0 Å². The van der Waals surface area contributed by atoms with Crippen molar-refractivity contribution in [1.82, 2.24) is 0 Å². The van der Waals surface area contributed by atoms with E-state index in [0.717, 1.165) is 21.9 Å². The average molecular weight is 291 g/mol. The summed E-state index contributed by atoms with van der Waals surface area (Å²) in [6.07, 6.45) is 0. The summed E-state index contributed by atoms with van der Waals surface area (Å²) in [5.74, 6) is 3.72. The highest BCUT2D eigenvalue weighted by Gasteiger charge is 2.08. The van der Waals surface area contributed by atoms with Gasteiger partial charge >= 0.3 is 0 Å². The van der Waals surface area contributed by atoms with E-state index in [1.165, 1.54) is 11.3 Å². The van der Waals surface area contributed by atoms with E-state index >= 15 is 0 Å². The molecule has 5 heteroatoms. The summed E-state index contributed by atoms with van der Waals surface area (Å²) in [5, 5.41) is 2.06. The Morgan fingerprint density at radius 2 is 1.84 bits per heavy atom. The number of rotatable bonds is 1. The molecule has 1 aromatic heterocycles. The number of hydrogen-bond acceptors (Lipinski definition) is 3. The summed E-state index contributed by atoms with van der Waals surface area (Å²) in [5.41, 5.74) is -0.183. The van der Waals surface area contributed by atoms with Crippen molar-refractivity contribution in [1.29, 1.82) is 0 Å². The van der Waals surface area contributed by atoms with Crippen LogP contribution in [0, 0.1) is 30.4 Å². The zero-order valence-corrected chi connectivity index (χ0v) is 11.5. The van der Waals surface area contributed by atoms with Crippen LogP contribution in [0.1, 0.15) is 15.3 Å². The Balaban J connectivity index is 2.41. The van der Waals surface area contributed by atoms with Crippen molar-refractivity contribution in [2.75, 3.05) is 0 Å². The summed E-state index contributed by atoms with van der Waals surface area (Å²) in [6, 6.07) is 5.87. The lowest BCUT2D eigenvalue weighted by molar-refractivity contribution is 0.578. The molecule has 1 heterocycles. The molecule has 94 valence electrons. The molecule has 0 radical (unpaired) electrons. The second-order valence-corrected chi connectivity index (χ2v) is 5.12. The van der Waals surface area contributed by atoms with Crippen molar-refractivity contribution < 1.29 is 8.78 Å². The van der Waals surface area contributed by atoms with Gasteiger partial charge in [-0.1, -0.05) is 11.8 Å². The highest BCUT2D eigenvalue weighted by Crippen LogP contribution is 2.20. The number of aryl methyl sites for hydroxylation is 1. The Kier molecular flexibility index (Phi) is 4.18. The van der Waals surface area contributed by atoms with Gasteiger partial charge in [-0.05, 0) is 31.3 Å². The second-order valence-electron chi connectivity index (χ2n) is 3.65. The van der Waals surface area contributed by atoms with E-state index in [0.29, 0.717) is 0 Å². The molecule has 0 amide bonds. The summed E-state index contributed by atoms with van der Waals surface area (Å²) >= 11 is 5.85. The first-order chi connectivity index (χ1) is 9.10. The molecule has 1 nitrogen and oxygen atoms in total. The van der Waals surface area contributed by atoms with Crippen LogP contribution >= 0.6 is 23.6 Å². The molecule has 0 spiro atoms. The van der Waals surface area contributed by atoms with Crippen molar-refractivity contribution in [3.05, 3.63) is 51.2 Å². The molecule has 0 fully saturated rings. The van der Waals surface area contributed by atoms with Crippen LogP contribution < -0.4 is 0 Å². The van der Waals surface area contributed by atoms with E-state index in [4.69, 9.17) is 0 Å².